The number of esters is 1. The minimum Gasteiger partial charge on any atom is -0.468 e. The Morgan fingerprint density at radius 2 is 1.36 bits per heavy atom. The van der Waals surface area contributed by atoms with Gasteiger partial charge in [-0.3, -0.25) is 19.7 Å². The summed E-state index contributed by atoms with van der Waals surface area (Å²) in [5.41, 5.74) is 0.191. The van der Waals surface area contributed by atoms with Gasteiger partial charge in [0.05, 0.1) is 35.2 Å². The number of methoxy groups -OCH3 is 1. The number of halogens is 4. The molecular weight excluding hydrogens is 546 g/mol. The fourth-order valence-corrected chi connectivity index (χ4v) is 6.00. The fraction of sp³-hybridized carbons (Fsp3) is 0.192. The summed E-state index contributed by atoms with van der Waals surface area (Å²) in [5.74, 6) is -3.83. The number of nitrogens with one attached hydrogen (secondary N) is 1. The van der Waals surface area contributed by atoms with E-state index in [1.54, 1.807) is 54.6 Å². The zero-order valence-corrected chi connectivity index (χ0v) is 21.7. The van der Waals surface area contributed by atoms with Gasteiger partial charge in [0.15, 0.2) is 0 Å². The van der Waals surface area contributed by atoms with Crippen LogP contribution in [0.2, 0.25) is 20.1 Å². The molecule has 1 N–H and O–H groups in total. The first-order valence-electron chi connectivity index (χ1n) is 10.9. The molecule has 2 fully saturated rings. The van der Waals surface area contributed by atoms with Gasteiger partial charge in [0.1, 0.15) is 6.04 Å². The average Bonchev–Trinajstić information content (AvgIpc) is 3.34. The zero-order chi connectivity index (χ0) is 25.8. The maximum atomic E-state index is 14.2. The standard InChI is InChI=1S/C26H18Cl4N2O4/c1-36-25(35)22-20-21(24(34)32(23(20)33)19-11-10-17(29)12-18(19)30)26(31-22,13-2-6-15(27)7-3-13)14-4-8-16(28)9-5-14/h2-12,20-22,31H,1H3/t20-,21+,22+/m0/s1. The maximum absolute atomic E-state index is 14.2. The van der Waals surface area contributed by atoms with Crippen molar-refractivity contribution >= 4 is 69.9 Å². The number of imide groups is 1. The van der Waals surface area contributed by atoms with E-state index in [-0.39, 0.29) is 10.7 Å². The Hall–Kier alpha value is -2.61. The molecule has 184 valence electrons. The number of fused-ring (bicyclic) bond motifs is 1. The van der Waals surface area contributed by atoms with E-state index in [1.165, 1.54) is 19.2 Å². The molecule has 2 heterocycles. The summed E-state index contributed by atoms with van der Waals surface area (Å²) in [4.78, 5) is 42.0. The van der Waals surface area contributed by atoms with Crippen LogP contribution in [-0.2, 0) is 24.7 Å². The molecule has 3 aromatic carbocycles. The molecule has 0 saturated carbocycles. The van der Waals surface area contributed by atoms with E-state index in [2.05, 4.69) is 5.32 Å². The second-order valence-corrected chi connectivity index (χ2v) is 10.3. The van der Waals surface area contributed by atoms with Crippen molar-refractivity contribution in [1.29, 1.82) is 0 Å². The summed E-state index contributed by atoms with van der Waals surface area (Å²) in [6.45, 7) is 0. The maximum Gasteiger partial charge on any atom is 0.323 e. The lowest BCUT2D eigenvalue weighted by atomic mass is 9.72. The fourth-order valence-electron chi connectivity index (χ4n) is 5.26. The lowest BCUT2D eigenvalue weighted by Gasteiger charge is -2.36. The van der Waals surface area contributed by atoms with Crippen molar-refractivity contribution < 1.29 is 19.1 Å². The smallest absolute Gasteiger partial charge is 0.323 e. The van der Waals surface area contributed by atoms with Crippen LogP contribution in [0.5, 0.6) is 0 Å². The Balaban J connectivity index is 1.76. The number of anilines is 1. The van der Waals surface area contributed by atoms with Crippen LogP contribution in [0.1, 0.15) is 11.1 Å². The topological polar surface area (TPSA) is 75.7 Å². The van der Waals surface area contributed by atoms with E-state index >= 15 is 0 Å². The first kappa shape index (κ1) is 25.1. The van der Waals surface area contributed by atoms with Crippen molar-refractivity contribution in [3.05, 3.63) is 97.9 Å². The third kappa shape index (κ3) is 3.80. The van der Waals surface area contributed by atoms with Gasteiger partial charge >= 0.3 is 5.97 Å². The van der Waals surface area contributed by atoms with Gasteiger partial charge < -0.3 is 4.74 Å². The van der Waals surface area contributed by atoms with Crippen molar-refractivity contribution in [3.63, 3.8) is 0 Å². The zero-order valence-electron chi connectivity index (χ0n) is 18.7. The van der Waals surface area contributed by atoms with E-state index in [4.69, 9.17) is 51.1 Å². The first-order valence-corrected chi connectivity index (χ1v) is 12.4. The van der Waals surface area contributed by atoms with Gasteiger partial charge in [-0.15, -0.1) is 0 Å². The molecular formula is C26H18Cl4N2O4. The van der Waals surface area contributed by atoms with Gasteiger partial charge in [-0.1, -0.05) is 70.7 Å². The van der Waals surface area contributed by atoms with Gasteiger partial charge in [0, 0.05) is 15.1 Å². The highest BCUT2D eigenvalue weighted by atomic mass is 35.5. The van der Waals surface area contributed by atoms with E-state index < -0.39 is 41.2 Å². The summed E-state index contributed by atoms with van der Waals surface area (Å²) < 4.78 is 5.04. The molecule has 0 unspecified atom stereocenters. The Morgan fingerprint density at radius 3 is 1.86 bits per heavy atom. The van der Waals surface area contributed by atoms with E-state index in [0.717, 1.165) is 4.90 Å². The van der Waals surface area contributed by atoms with Crippen molar-refractivity contribution in [2.75, 3.05) is 12.0 Å². The van der Waals surface area contributed by atoms with Gasteiger partial charge in [0.2, 0.25) is 11.8 Å². The molecule has 10 heteroatoms. The molecule has 0 spiro atoms. The molecule has 0 aromatic heterocycles. The quantitative estimate of drug-likeness (QED) is 0.335. The molecule has 2 aliphatic rings. The molecule has 0 aliphatic carbocycles. The van der Waals surface area contributed by atoms with Gasteiger partial charge in [-0.2, -0.15) is 0 Å². The SMILES string of the molecule is COC(=O)[C@@H]1NC(c2ccc(Cl)cc2)(c2ccc(Cl)cc2)[C@H]2C(=O)N(c3ccc(Cl)cc3Cl)C(=O)[C@H]12. The Morgan fingerprint density at radius 1 is 0.833 bits per heavy atom. The van der Waals surface area contributed by atoms with E-state index in [0.29, 0.717) is 26.2 Å². The van der Waals surface area contributed by atoms with Crippen LogP contribution in [0.3, 0.4) is 0 Å². The summed E-state index contributed by atoms with van der Waals surface area (Å²) in [6, 6.07) is 17.2. The van der Waals surface area contributed by atoms with Crippen LogP contribution in [0.4, 0.5) is 5.69 Å². The largest absolute Gasteiger partial charge is 0.468 e. The minimum absolute atomic E-state index is 0.135. The molecule has 2 amide bonds. The number of amides is 2. The molecule has 3 atom stereocenters. The normalized spacial score (nSPS) is 22.6. The molecule has 2 saturated heterocycles. The van der Waals surface area contributed by atoms with Crippen LogP contribution < -0.4 is 10.2 Å². The Kier molecular flexibility index (Phi) is 6.52. The van der Waals surface area contributed by atoms with Gasteiger partial charge in [0.25, 0.3) is 0 Å². The number of benzene rings is 3. The molecule has 3 aromatic rings. The number of hydrogen-bond donors (Lipinski definition) is 1. The molecule has 2 aliphatic heterocycles. The molecule has 36 heavy (non-hydrogen) atoms. The summed E-state index contributed by atoms with van der Waals surface area (Å²) in [7, 11) is 1.23. The highest BCUT2D eigenvalue weighted by Gasteiger charge is 2.68. The number of hydrogen-bond acceptors (Lipinski definition) is 5. The third-order valence-corrected chi connectivity index (χ3v) is 7.81. The molecule has 5 rings (SSSR count). The second-order valence-electron chi connectivity index (χ2n) is 8.58. The number of carbonyl (C=O) groups is 3. The Bertz CT molecular complexity index is 1330. The highest BCUT2D eigenvalue weighted by molar-refractivity contribution is 6.38. The van der Waals surface area contributed by atoms with Crippen LogP contribution in [-0.4, -0.2) is 30.9 Å². The van der Waals surface area contributed by atoms with Crippen LogP contribution in [0, 0.1) is 11.8 Å². The number of nitrogens with zero attached hydrogens (tertiary/aromatic N) is 1. The minimum atomic E-state index is -1.28. The predicted molar refractivity (Wildman–Crippen MR) is 139 cm³/mol. The number of ether oxygens (including phenoxy) is 1. The van der Waals surface area contributed by atoms with Gasteiger partial charge in [-0.25, -0.2) is 4.90 Å². The third-order valence-electron chi connectivity index (χ3n) is 6.76. The van der Waals surface area contributed by atoms with Crippen LogP contribution in [0.15, 0.2) is 66.7 Å². The van der Waals surface area contributed by atoms with Crippen molar-refractivity contribution in [3.8, 4) is 0 Å². The molecule has 0 radical (unpaired) electrons. The molecule has 6 nitrogen and oxygen atoms in total. The monoisotopic (exact) mass is 562 g/mol. The lowest BCUT2D eigenvalue weighted by molar-refractivity contribution is -0.145. The summed E-state index contributed by atoms with van der Waals surface area (Å²) >= 11 is 24.8. The number of rotatable bonds is 4. The highest BCUT2D eigenvalue weighted by Crippen LogP contribution is 2.53. The predicted octanol–water partition coefficient (Wildman–Crippen LogP) is 5.49. The Labute approximate surface area is 227 Å². The van der Waals surface area contributed by atoms with Crippen molar-refractivity contribution in [2.45, 2.75) is 11.6 Å². The lowest BCUT2D eigenvalue weighted by Crippen LogP contribution is -2.52. The molecule has 0 bridgehead atoms. The summed E-state index contributed by atoms with van der Waals surface area (Å²) in [5, 5.41) is 4.78. The van der Waals surface area contributed by atoms with Gasteiger partial charge in [-0.05, 0) is 53.6 Å². The second kappa shape index (κ2) is 9.36. The van der Waals surface area contributed by atoms with E-state index in [9.17, 15) is 14.4 Å². The van der Waals surface area contributed by atoms with Crippen LogP contribution >= 0.6 is 46.4 Å². The van der Waals surface area contributed by atoms with E-state index in [1.807, 2.05) is 0 Å². The number of carbonyl (C=O) groups excluding carboxylic acids is 3. The van der Waals surface area contributed by atoms with Crippen LogP contribution in [0.25, 0.3) is 0 Å². The first-order chi connectivity index (χ1) is 17.2. The van der Waals surface area contributed by atoms with Crippen molar-refractivity contribution in [2.24, 2.45) is 11.8 Å². The summed E-state index contributed by atoms with van der Waals surface area (Å²) in [6.07, 6.45) is 0. The average molecular weight is 564 g/mol. The van der Waals surface area contributed by atoms with Crippen molar-refractivity contribution in [1.82, 2.24) is 5.32 Å².